The second kappa shape index (κ2) is 7.85. The number of rotatable bonds is 7. The second-order valence-corrected chi connectivity index (χ2v) is 5.72. The largest absolute Gasteiger partial charge is 0.328 e. The van der Waals surface area contributed by atoms with Crippen LogP contribution in [-0.4, -0.2) is 31.1 Å². The van der Waals surface area contributed by atoms with E-state index >= 15 is 0 Å². The molecule has 0 spiro atoms. The summed E-state index contributed by atoms with van der Waals surface area (Å²) in [6, 6.07) is 8.86. The molecule has 1 aromatic rings. The standard InChI is InChI=1S/C14H23BrN2/c1-12(16)5-4-9-17(2)10-8-13-6-3-7-14(15)11-13/h3,6-7,11-12H,4-5,8-10,16H2,1-2H3. The van der Waals surface area contributed by atoms with Gasteiger partial charge in [0.1, 0.15) is 0 Å². The average molecular weight is 299 g/mol. The normalized spacial score (nSPS) is 13.0. The van der Waals surface area contributed by atoms with Gasteiger partial charge in [0.15, 0.2) is 0 Å². The van der Waals surface area contributed by atoms with Crippen LogP contribution in [0.1, 0.15) is 25.3 Å². The molecular weight excluding hydrogens is 276 g/mol. The van der Waals surface area contributed by atoms with Crippen molar-refractivity contribution in [3.8, 4) is 0 Å². The van der Waals surface area contributed by atoms with Crippen LogP contribution in [0, 0.1) is 0 Å². The number of likely N-dealkylation sites (N-methyl/N-ethyl adjacent to an activating group) is 1. The summed E-state index contributed by atoms with van der Waals surface area (Å²) in [5, 5.41) is 0. The summed E-state index contributed by atoms with van der Waals surface area (Å²) in [6.45, 7) is 4.31. The molecule has 1 atom stereocenters. The lowest BCUT2D eigenvalue weighted by atomic mass is 10.1. The SMILES string of the molecule is CC(N)CCCN(C)CCc1cccc(Br)c1. The van der Waals surface area contributed by atoms with E-state index in [1.54, 1.807) is 0 Å². The van der Waals surface area contributed by atoms with Crippen molar-refractivity contribution >= 4 is 15.9 Å². The molecule has 96 valence electrons. The molecule has 2 nitrogen and oxygen atoms in total. The number of hydrogen-bond donors (Lipinski definition) is 1. The quantitative estimate of drug-likeness (QED) is 0.838. The van der Waals surface area contributed by atoms with Gasteiger partial charge in [-0.15, -0.1) is 0 Å². The lowest BCUT2D eigenvalue weighted by Gasteiger charge is -2.17. The van der Waals surface area contributed by atoms with E-state index in [0.29, 0.717) is 6.04 Å². The van der Waals surface area contributed by atoms with Crippen LogP contribution in [0.25, 0.3) is 0 Å². The van der Waals surface area contributed by atoms with Crippen LogP contribution in [0.5, 0.6) is 0 Å². The maximum atomic E-state index is 5.74. The van der Waals surface area contributed by atoms with Crippen LogP contribution in [-0.2, 0) is 6.42 Å². The number of nitrogens with two attached hydrogens (primary N) is 1. The summed E-state index contributed by atoms with van der Waals surface area (Å²) in [5.41, 5.74) is 7.12. The summed E-state index contributed by atoms with van der Waals surface area (Å²) in [4.78, 5) is 2.38. The van der Waals surface area contributed by atoms with Crippen LogP contribution in [0.2, 0.25) is 0 Å². The highest BCUT2D eigenvalue weighted by molar-refractivity contribution is 9.10. The first-order valence-electron chi connectivity index (χ1n) is 6.26. The Labute approximate surface area is 113 Å². The fourth-order valence-electron chi connectivity index (χ4n) is 1.81. The highest BCUT2D eigenvalue weighted by atomic mass is 79.9. The first kappa shape index (κ1) is 14.7. The number of hydrogen-bond acceptors (Lipinski definition) is 2. The zero-order valence-corrected chi connectivity index (χ0v) is 12.4. The van der Waals surface area contributed by atoms with Crippen molar-refractivity contribution in [2.24, 2.45) is 5.73 Å². The lowest BCUT2D eigenvalue weighted by Crippen LogP contribution is -2.24. The van der Waals surface area contributed by atoms with Gasteiger partial charge >= 0.3 is 0 Å². The van der Waals surface area contributed by atoms with Gasteiger partial charge < -0.3 is 10.6 Å². The predicted molar refractivity (Wildman–Crippen MR) is 78.2 cm³/mol. The average Bonchev–Trinajstić information content (AvgIpc) is 2.26. The Morgan fingerprint density at radius 2 is 2.12 bits per heavy atom. The van der Waals surface area contributed by atoms with Gasteiger partial charge in [-0.05, 0) is 57.5 Å². The summed E-state index contributed by atoms with van der Waals surface area (Å²) in [6.07, 6.45) is 3.40. The Bertz CT molecular complexity index is 326. The third kappa shape index (κ3) is 6.81. The number of halogens is 1. The van der Waals surface area contributed by atoms with Gasteiger partial charge in [0.25, 0.3) is 0 Å². The summed E-state index contributed by atoms with van der Waals surface area (Å²) < 4.78 is 1.16. The van der Waals surface area contributed by atoms with E-state index in [1.807, 2.05) is 0 Å². The molecule has 0 fully saturated rings. The fraction of sp³-hybridized carbons (Fsp3) is 0.571. The van der Waals surface area contributed by atoms with Crippen molar-refractivity contribution in [3.05, 3.63) is 34.3 Å². The van der Waals surface area contributed by atoms with Gasteiger partial charge in [-0.3, -0.25) is 0 Å². The maximum absolute atomic E-state index is 5.74. The zero-order chi connectivity index (χ0) is 12.7. The highest BCUT2D eigenvalue weighted by Gasteiger charge is 2.01. The van der Waals surface area contributed by atoms with Gasteiger partial charge in [-0.2, -0.15) is 0 Å². The molecule has 0 aliphatic carbocycles. The Morgan fingerprint density at radius 1 is 1.35 bits per heavy atom. The van der Waals surface area contributed by atoms with Gasteiger partial charge in [0, 0.05) is 17.1 Å². The fourth-order valence-corrected chi connectivity index (χ4v) is 2.25. The Kier molecular flexibility index (Phi) is 6.78. The topological polar surface area (TPSA) is 29.3 Å². The molecule has 0 aromatic heterocycles. The molecule has 0 aliphatic heterocycles. The third-order valence-corrected chi connectivity index (χ3v) is 3.36. The predicted octanol–water partition coefficient (Wildman–Crippen LogP) is 3.05. The molecule has 0 saturated heterocycles. The molecule has 0 saturated carbocycles. The minimum Gasteiger partial charge on any atom is -0.328 e. The van der Waals surface area contributed by atoms with E-state index in [9.17, 15) is 0 Å². The maximum Gasteiger partial charge on any atom is 0.0178 e. The Morgan fingerprint density at radius 3 is 2.76 bits per heavy atom. The first-order valence-corrected chi connectivity index (χ1v) is 7.06. The smallest absolute Gasteiger partial charge is 0.0178 e. The number of nitrogens with zero attached hydrogens (tertiary/aromatic N) is 1. The van der Waals surface area contributed by atoms with Crippen LogP contribution >= 0.6 is 15.9 Å². The Hall–Kier alpha value is -0.380. The van der Waals surface area contributed by atoms with Crippen molar-refractivity contribution in [1.29, 1.82) is 0 Å². The molecule has 1 rings (SSSR count). The van der Waals surface area contributed by atoms with E-state index in [1.165, 1.54) is 12.0 Å². The number of benzene rings is 1. The monoisotopic (exact) mass is 298 g/mol. The molecule has 0 aliphatic rings. The van der Waals surface area contributed by atoms with Crippen molar-refractivity contribution in [1.82, 2.24) is 4.90 Å². The summed E-state index contributed by atoms with van der Waals surface area (Å²) in [7, 11) is 2.18. The summed E-state index contributed by atoms with van der Waals surface area (Å²) in [5.74, 6) is 0. The van der Waals surface area contributed by atoms with Gasteiger partial charge in [0.2, 0.25) is 0 Å². The molecule has 1 unspecified atom stereocenters. The minimum atomic E-state index is 0.327. The molecular formula is C14H23BrN2. The van der Waals surface area contributed by atoms with Crippen molar-refractivity contribution < 1.29 is 0 Å². The van der Waals surface area contributed by atoms with Crippen molar-refractivity contribution in [3.63, 3.8) is 0 Å². The molecule has 0 radical (unpaired) electrons. The van der Waals surface area contributed by atoms with E-state index in [-0.39, 0.29) is 0 Å². The zero-order valence-electron chi connectivity index (χ0n) is 10.8. The van der Waals surface area contributed by atoms with E-state index < -0.39 is 0 Å². The summed E-state index contributed by atoms with van der Waals surface area (Å²) >= 11 is 3.50. The van der Waals surface area contributed by atoms with Gasteiger partial charge in [-0.25, -0.2) is 0 Å². The molecule has 3 heteroatoms. The molecule has 1 aromatic carbocycles. The van der Waals surface area contributed by atoms with E-state index in [4.69, 9.17) is 5.73 Å². The van der Waals surface area contributed by atoms with E-state index in [2.05, 4.69) is 59.1 Å². The van der Waals surface area contributed by atoms with Crippen LogP contribution in [0.3, 0.4) is 0 Å². The van der Waals surface area contributed by atoms with Crippen LogP contribution in [0.15, 0.2) is 28.7 Å². The van der Waals surface area contributed by atoms with Gasteiger partial charge in [-0.1, -0.05) is 28.1 Å². The van der Waals surface area contributed by atoms with Crippen LogP contribution < -0.4 is 5.73 Å². The van der Waals surface area contributed by atoms with Crippen LogP contribution in [0.4, 0.5) is 0 Å². The lowest BCUT2D eigenvalue weighted by molar-refractivity contribution is 0.326. The minimum absolute atomic E-state index is 0.327. The second-order valence-electron chi connectivity index (χ2n) is 4.80. The molecule has 0 amide bonds. The first-order chi connectivity index (χ1) is 8.08. The highest BCUT2D eigenvalue weighted by Crippen LogP contribution is 2.12. The molecule has 0 bridgehead atoms. The molecule has 0 heterocycles. The molecule has 2 N–H and O–H groups in total. The third-order valence-electron chi connectivity index (χ3n) is 2.87. The molecule has 17 heavy (non-hydrogen) atoms. The van der Waals surface area contributed by atoms with Crippen molar-refractivity contribution in [2.75, 3.05) is 20.1 Å². The van der Waals surface area contributed by atoms with Crippen molar-refractivity contribution in [2.45, 2.75) is 32.2 Å². The van der Waals surface area contributed by atoms with Gasteiger partial charge in [0.05, 0.1) is 0 Å². The Balaban J connectivity index is 2.21. The van der Waals surface area contributed by atoms with E-state index in [0.717, 1.165) is 30.4 Å².